The first kappa shape index (κ1) is 18.4. The third-order valence-electron chi connectivity index (χ3n) is 3.46. The summed E-state index contributed by atoms with van der Waals surface area (Å²) in [6.45, 7) is 11.4. The first-order chi connectivity index (χ1) is 10.3. The van der Waals surface area contributed by atoms with Gasteiger partial charge in [-0.3, -0.25) is 0 Å². The highest BCUT2D eigenvalue weighted by molar-refractivity contribution is 7.15. The van der Waals surface area contributed by atoms with Gasteiger partial charge < -0.3 is 15.0 Å². The molecule has 21 heavy (non-hydrogen) atoms. The zero-order valence-electron chi connectivity index (χ0n) is 14.1. The second-order valence-corrected chi connectivity index (χ2v) is 6.28. The highest BCUT2D eigenvalue weighted by Crippen LogP contribution is 2.27. The van der Waals surface area contributed by atoms with Gasteiger partial charge in [0.1, 0.15) is 0 Å². The molecule has 1 aromatic rings. The Labute approximate surface area is 133 Å². The van der Waals surface area contributed by atoms with Crippen molar-refractivity contribution < 1.29 is 4.74 Å². The molecule has 0 unspecified atom stereocenters. The van der Waals surface area contributed by atoms with E-state index in [2.05, 4.69) is 31.0 Å². The molecule has 0 radical (unpaired) electrons. The van der Waals surface area contributed by atoms with Crippen LogP contribution in [0.15, 0.2) is 0 Å². The summed E-state index contributed by atoms with van der Waals surface area (Å²) in [6, 6.07) is 0. The first-order valence-electron chi connectivity index (χ1n) is 8.19. The van der Waals surface area contributed by atoms with E-state index in [1.165, 1.54) is 28.5 Å². The zero-order chi connectivity index (χ0) is 15.5. The van der Waals surface area contributed by atoms with Gasteiger partial charge in [-0.05, 0) is 19.8 Å². The molecule has 0 amide bonds. The van der Waals surface area contributed by atoms with Gasteiger partial charge in [0.2, 0.25) is 0 Å². The van der Waals surface area contributed by atoms with Crippen LogP contribution in [0.5, 0.6) is 0 Å². The van der Waals surface area contributed by atoms with Crippen LogP contribution in [0, 0.1) is 0 Å². The van der Waals surface area contributed by atoms with E-state index in [1.807, 2.05) is 11.3 Å². The molecule has 1 rings (SSSR count). The second kappa shape index (κ2) is 11.0. The van der Waals surface area contributed by atoms with E-state index in [-0.39, 0.29) is 0 Å². The molecule has 0 bridgehead atoms. The van der Waals surface area contributed by atoms with Gasteiger partial charge in [-0.15, -0.1) is 11.3 Å². The predicted octanol–water partition coefficient (Wildman–Crippen LogP) is 3.46. The van der Waals surface area contributed by atoms with E-state index < -0.39 is 0 Å². The number of ether oxygens (including phenoxy) is 1. The van der Waals surface area contributed by atoms with Crippen molar-refractivity contribution in [2.45, 2.75) is 53.0 Å². The molecule has 5 heteroatoms. The summed E-state index contributed by atoms with van der Waals surface area (Å²) in [5.41, 5.74) is 1.28. The third-order valence-corrected chi connectivity index (χ3v) is 4.61. The lowest BCUT2D eigenvalue weighted by Crippen LogP contribution is -2.23. The van der Waals surface area contributed by atoms with Crippen LogP contribution in [0.2, 0.25) is 0 Å². The van der Waals surface area contributed by atoms with Gasteiger partial charge in [0, 0.05) is 38.2 Å². The summed E-state index contributed by atoms with van der Waals surface area (Å²) in [6.07, 6.45) is 4.69. The molecule has 0 saturated carbocycles. The van der Waals surface area contributed by atoms with Crippen LogP contribution in [-0.2, 0) is 17.7 Å². The lowest BCUT2D eigenvalue weighted by molar-refractivity contribution is 0.199. The Hall–Kier alpha value is -0.650. The van der Waals surface area contributed by atoms with Gasteiger partial charge >= 0.3 is 0 Å². The maximum Gasteiger partial charge on any atom is 0.185 e. The Morgan fingerprint density at radius 1 is 1.24 bits per heavy atom. The van der Waals surface area contributed by atoms with Crippen molar-refractivity contribution in [2.75, 3.05) is 38.3 Å². The van der Waals surface area contributed by atoms with Crippen molar-refractivity contribution in [2.24, 2.45) is 0 Å². The normalized spacial score (nSPS) is 11.0. The second-order valence-electron chi connectivity index (χ2n) is 5.22. The van der Waals surface area contributed by atoms with E-state index in [0.717, 1.165) is 45.6 Å². The van der Waals surface area contributed by atoms with Crippen LogP contribution in [0.25, 0.3) is 0 Å². The van der Waals surface area contributed by atoms with E-state index in [9.17, 15) is 0 Å². The number of aromatic nitrogens is 1. The van der Waals surface area contributed by atoms with Crippen LogP contribution in [0.1, 0.15) is 50.6 Å². The molecule has 0 atom stereocenters. The summed E-state index contributed by atoms with van der Waals surface area (Å²) in [7, 11) is 1.74. The number of aryl methyl sites for hydroxylation is 1. The molecular weight excluding hydrogens is 282 g/mol. The topological polar surface area (TPSA) is 37.4 Å². The minimum absolute atomic E-state index is 0.756. The number of methoxy groups -OCH3 is 1. The smallest absolute Gasteiger partial charge is 0.185 e. The van der Waals surface area contributed by atoms with Crippen molar-refractivity contribution in [3.63, 3.8) is 0 Å². The standard InChI is InChI=1S/C16H31N3OS/c1-5-8-11-19(7-3)16-18-14(9-6-2)15(21-16)13-17-10-12-20-4/h17H,5-13H2,1-4H3. The Balaban J connectivity index is 2.71. The van der Waals surface area contributed by atoms with Gasteiger partial charge in [-0.1, -0.05) is 26.7 Å². The summed E-state index contributed by atoms with van der Waals surface area (Å²) >= 11 is 1.85. The van der Waals surface area contributed by atoms with Crippen molar-refractivity contribution in [3.8, 4) is 0 Å². The minimum atomic E-state index is 0.756. The first-order valence-corrected chi connectivity index (χ1v) is 9.01. The average Bonchev–Trinajstić information content (AvgIpc) is 2.88. The molecule has 0 aliphatic carbocycles. The van der Waals surface area contributed by atoms with Crippen LogP contribution in [0.4, 0.5) is 5.13 Å². The third kappa shape index (κ3) is 6.32. The molecular formula is C16H31N3OS. The molecule has 1 N–H and O–H groups in total. The molecule has 122 valence electrons. The van der Waals surface area contributed by atoms with Gasteiger partial charge in [0.25, 0.3) is 0 Å². The molecule has 1 aromatic heterocycles. The fourth-order valence-electron chi connectivity index (χ4n) is 2.19. The number of rotatable bonds is 12. The van der Waals surface area contributed by atoms with Crippen molar-refractivity contribution in [1.29, 1.82) is 0 Å². The fraction of sp³-hybridized carbons (Fsp3) is 0.812. The van der Waals surface area contributed by atoms with Crippen molar-refractivity contribution in [1.82, 2.24) is 10.3 Å². The van der Waals surface area contributed by atoms with Crippen molar-refractivity contribution in [3.05, 3.63) is 10.6 Å². The Morgan fingerprint density at radius 3 is 2.67 bits per heavy atom. The Kier molecular flexibility index (Phi) is 9.63. The Bertz CT molecular complexity index is 382. The molecule has 0 spiro atoms. The SMILES string of the molecule is CCCCN(CC)c1nc(CCC)c(CNCCOC)s1. The average molecular weight is 314 g/mol. The van der Waals surface area contributed by atoms with Gasteiger partial charge in [0.05, 0.1) is 12.3 Å². The van der Waals surface area contributed by atoms with Crippen LogP contribution in [0.3, 0.4) is 0 Å². The van der Waals surface area contributed by atoms with E-state index in [1.54, 1.807) is 7.11 Å². The molecule has 4 nitrogen and oxygen atoms in total. The van der Waals surface area contributed by atoms with Crippen LogP contribution < -0.4 is 10.2 Å². The molecule has 0 aliphatic heterocycles. The van der Waals surface area contributed by atoms with E-state index in [4.69, 9.17) is 9.72 Å². The van der Waals surface area contributed by atoms with Gasteiger partial charge in [0.15, 0.2) is 5.13 Å². The molecule has 0 saturated heterocycles. The largest absolute Gasteiger partial charge is 0.383 e. The summed E-state index contributed by atoms with van der Waals surface area (Å²) in [5.74, 6) is 0. The van der Waals surface area contributed by atoms with E-state index >= 15 is 0 Å². The van der Waals surface area contributed by atoms with Crippen LogP contribution >= 0.6 is 11.3 Å². The highest BCUT2D eigenvalue weighted by atomic mass is 32.1. The number of hydrogen-bond acceptors (Lipinski definition) is 5. The fourth-order valence-corrected chi connectivity index (χ4v) is 3.35. The highest BCUT2D eigenvalue weighted by Gasteiger charge is 2.14. The Morgan fingerprint density at radius 2 is 2.05 bits per heavy atom. The lowest BCUT2D eigenvalue weighted by atomic mass is 10.2. The molecule has 0 fully saturated rings. The number of unbranched alkanes of at least 4 members (excludes halogenated alkanes) is 1. The zero-order valence-corrected chi connectivity index (χ0v) is 14.9. The maximum atomic E-state index is 5.08. The number of anilines is 1. The molecule has 1 heterocycles. The lowest BCUT2D eigenvalue weighted by Gasteiger charge is -2.19. The van der Waals surface area contributed by atoms with Gasteiger partial charge in [-0.25, -0.2) is 4.98 Å². The van der Waals surface area contributed by atoms with Crippen molar-refractivity contribution >= 4 is 16.5 Å². The number of hydrogen-bond donors (Lipinski definition) is 1. The number of thiazole rings is 1. The minimum Gasteiger partial charge on any atom is -0.383 e. The summed E-state index contributed by atoms with van der Waals surface area (Å²) in [5, 5.41) is 4.63. The summed E-state index contributed by atoms with van der Waals surface area (Å²) in [4.78, 5) is 8.69. The van der Waals surface area contributed by atoms with E-state index in [0.29, 0.717) is 0 Å². The van der Waals surface area contributed by atoms with Gasteiger partial charge in [-0.2, -0.15) is 0 Å². The maximum absolute atomic E-state index is 5.08. The number of nitrogens with zero attached hydrogens (tertiary/aromatic N) is 2. The summed E-state index contributed by atoms with van der Waals surface area (Å²) < 4.78 is 5.08. The predicted molar refractivity (Wildman–Crippen MR) is 92.5 cm³/mol. The monoisotopic (exact) mass is 313 g/mol. The van der Waals surface area contributed by atoms with Crippen LogP contribution in [-0.4, -0.2) is 38.3 Å². The number of nitrogens with one attached hydrogen (secondary N) is 1. The molecule has 0 aliphatic rings. The molecule has 0 aromatic carbocycles. The quantitative estimate of drug-likeness (QED) is 0.600.